The minimum absolute atomic E-state index is 0.242. The van der Waals surface area contributed by atoms with Crippen molar-refractivity contribution in [2.75, 3.05) is 7.11 Å². The normalized spacial score (nSPS) is 11.9. The molecule has 4 nitrogen and oxygen atoms in total. The number of nitrogens with one attached hydrogen (secondary N) is 1. The summed E-state index contributed by atoms with van der Waals surface area (Å²) in [6.07, 6.45) is -0.482. The number of carbonyl (C=O) groups excluding carboxylic acids is 1. The molecular formula is C14H15NO3S. The molecule has 19 heavy (non-hydrogen) atoms. The van der Waals surface area contributed by atoms with Crippen molar-refractivity contribution in [3.8, 4) is 5.75 Å². The molecule has 0 spiro atoms. The lowest BCUT2D eigenvalue weighted by Crippen LogP contribution is -2.28. The number of thiophene rings is 1. The van der Waals surface area contributed by atoms with Crippen LogP contribution in [0.5, 0.6) is 5.75 Å². The molecule has 1 aromatic carbocycles. The summed E-state index contributed by atoms with van der Waals surface area (Å²) >= 11 is 1.56. The van der Waals surface area contributed by atoms with Crippen molar-refractivity contribution in [2.45, 2.75) is 13.0 Å². The first kappa shape index (κ1) is 13.4. The van der Waals surface area contributed by atoms with E-state index in [1.807, 2.05) is 30.5 Å². The second-order valence-electron chi connectivity index (χ2n) is 4.13. The maximum atomic E-state index is 11.5. The molecule has 0 bridgehead atoms. The largest absolute Gasteiger partial charge is 0.508 e. The minimum Gasteiger partial charge on any atom is -0.508 e. The smallest absolute Gasteiger partial charge is 0.407 e. The quantitative estimate of drug-likeness (QED) is 0.905. The molecule has 2 aromatic rings. The molecule has 2 rings (SSSR count). The maximum Gasteiger partial charge on any atom is 0.407 e. The number of aryl methyl sites for hydroxylation is 1. The van der Waals surface area contributed by atoms with Gasteiger partial charge in [-0.2, -0.15) is 0 Å². The summed E-state index contributed by atoms with van der Waals surface area (Å²) < 4.78 is 4.66. The van der Waals surface area contributed by atoms with E-state index in [1.165, 1.54) is 7.11 Å². The van der Waals surface area contributed by atoms with Crippen molar-refractivity contribution in [1.82, 2.24) is 5.32 Å². The fourth-order valence-electron chi connectivity index (χ4n) is 1.81. The summed E-state index contributed by atoms with van der Waals surface area (Å²) in [5, 5.41) is 14.3. The molecule has 0 aliphatic rings. The fourth-order valence-corrected chi connectivity index (χ4v) is 2.61. The van der Waals surface area contributed by atoms with Gasteiger partial charge in [0, 0.05) is 4.88 Å². The van der Waals surface area contributed by atoms with E-state index in [0.717, 1.165) is 16.0 Å². The lowest BCUT2D eigenvalue weighted by atomic mass is 10.0. The molecule has 1 amide bonds. The van der Waals surface area contributed by atoms with Crippen molar-refractivity contribution >= 4 is 17.4 Å². The number of carbonyl (C=O) groups is 1. The Hall–Kier alpha value is -2.01. The first-order chi connectivity index (χ1) is 9.11. The number of ether oxygens (including phenoxy) is 1. The lowest BCUT2D eigenvalue weighted by molar-refractivity contribution is 0.168. The molecule has 100 valence electrons. The predicted molar refractivity (Wildman–Crippen MR) is 74.5 cm³/mol. The van der Waals surface area contributed by atoms with Crippen LogP contribution in [-0.4, -0.2) is 18.3 Å². The van der Waals surface area contributed by atoms with Crippen LogP contribution < -0.4 is 5.32 Å². The fraction of sp³-hybridized carbons (Fsp3) is 0.214. The van der Waals surface area contributed by atoms with Crippen molar-refractivity contribution < 1.29 is 14.6 Å². The van der Waals surface area contributed by atoms with Crippen LogP contribution in [0.1, 0.15) is 22.0 Å². The van der Waals surface area contributed by atoms with Gasteiger partial charge in [-0.05, 0) is 41.6 Å². The molecular weight excluding hydrogens is 262 g/mol. The highest BCUT2D eigenvalue weighted by atomic mass is 32.1. The second kappa shape index (κ2) is 5.75. The molecule has 0 saturated carbocycles. The number of phenolic OH excluding ortho intramolecular Hbond substituents is 1. The Morgan fingerprint density at radius 1 is 1.42 bits per heavy atom. The number of hydrogen-bond acceptors (Lipinski definition) is 4. The summed E-state index contributed by atoms with van der Waals surface area (Å²) in [6.45, 7) is 1.82. The molecule has 2 N–H and O–H groups in total. The van der Waals surface area contributed by atoms with Gasteiger partial charge in [-0.25, -0.2) is 4.79 Å². The van der Waals surface area contributed by atoms with Crippen LogP contribution in [0.4, 0.5) is 4.79 Å². The molecule has 1 aromatic heterocycles. The highest BCUT2D eigenvalue weighted by Crippen LogP contribution is 2.29. The number of phenols is 1. The van der Waals surface area contributed by atoms with Crippen molar-refractivity contribution in [3.63, 3.8) is 0 Å². The maximum absolute atomic E-state index is 11.5. The second-order valence-corrected chi connectivity index (χ2v) is 5.11. The first-order valence-corrected chi connectivity index (χ1v) is 6.67. The first-order valence-electron chi connectivity index (χ1n) is 5.79. The number of rotatable bonds is 3. The van der Waals surface area contributed by atoms with E-state index >= 15 is 0 Å². The van der Waals surface area contributed by atoms with Gasteiger partial charge in [-0.1, -0.05) is 12.1 Å². The zero-order chi connectivity index (χ0) is 13.8. The molecule has 0 aliphatic carbocycles. The third kappa shape index (κ3) is 3.06. The molecule has 0 fully saturated rings. The van der Waals surface area contributed by atoms with Crippen LogP contribution in [0.25, 0.3) is 0 Å². The number of alkyl carbamates (subject to hydrolysis) is 1. The Balaban J connectivity index is 2.36. The van der Waals surface area contributed by atoms with E-state index in [9.17, 15) is 9.90 Å². The Morgan fingerprint density at radius 3 is 2.79 bits per heavy atom. The zero-order valence-corrected chi connectivity index (χ0v) is 11.5. The van der Waals surface area contributed by atoms with Crippen molar-refractivity contribution in [2.24, 2.45) is 0 Å². The van der Waals surface area contributed by atoms with Crippen LogP contribution in [0.2, 0.25) is 0 Å². The minimum atomic E-state index is -0.482. The molecule has 0 unspecified atom stereocenters. The van der Waals surface area contributed by atoms with E-state index in [2.05, 4.69) is 10.1 Å². The van der Waals surface area contributed by atoms with Crippen molar-refractivity contribution in [3.05, 3.63) is 51.7 Å². The number of benzene rings is 1. The van der Waals surface area contributed by atoms with Gasteiger partial charge >= 0.3 is 6.09 Å². The Labute approximate surface area is 115 Å². The van der Waals surface area contributed by atoms with E-state index < -0.39 is 6.09 Å². The average Bonchev–Trinajstić information content (AvgIpc) is 2.92. The van der Waals surface area contributed by atoms with Gasteiger partial charge in [0.2, 0.25) is 0 Å². The van der Waals surface area contributed by atoms with E-state index in [-0.39, 0.29) is 11.8 Å². The van der Waals surface area contributed by atoms with Gasteiger partial charge in [0.1, 0.15) is 5.75 Å². The molecule has 0 radical (unpaired) electrons. The van der Waals surface area contributed by atoms with Crippen LogP contribution in [0, 0.1) is 6.92 Å². The van der Waals surface area contributed by atoms with Crippen LogP contribution >= 0.6 is 11.3 Å². The molecule has 0 aliphatic heterocycles. The summed E-state index contributed by atoms with van der Waals surface area (Å²) in [5.74, 6) is 0.242. The number of aromatic hydroxyl groups is 1. The van der Waals surface area contributed by atoms with Crippen LogP contribution in [-0.2, 0) is 4.74 Å². The highest BCUT2D eigenvalue weighted by molar-refractivity contribution is 7.10. The summed E-state index contributed by atoms with van der Waals surface area (Å²) in [4.78, 5) is 12.5. The summed E-state index contributed by atoms with van der Waals surface area (Å²) in [7, 11) is 1.34. The van der Waals surface area contributed by atoms with Gasteiger partial charge in [0.25, 0.3) is 0 Å². The van der Waals surface area contributed by atoms with E-state index in [1.54, 1.807) is 23.5 Å². The molecule has 5 heteroatoms. The third-order valence-corrected chi connectivity index (χ3v) is 3.77. The van der Waals surface area contributed by atoms with Gasteiger partial charge in [-0.15, -0.1) is 11.3 Å². The average molecular weight is 277 g/mol. The number of methoxy groups -OCH3 is 1. The van der Waals surface area contributed by atoms with Gasteiger partial charge in [0.15, 0.2) is 0 Å². The van der Waals surface area contributed by atoms with Crippen LogP contribution in [0.15, 0.2) is 35.7 Å². The molecule has 0 saturated heterocycles. The summed E-state index contributed by atoms with van der Waals surface area (Å²) in [5.41, 5.74) is 1.67. The standard InChI is InChI=1S/C14H15NO3S/c1-9-8-10(5-6-11(9)16)13(15-14(17)18-2)12-4-3-7-19-12/h3-8,13,16H,1-2H3,(H,15,17)/t13-/m0/s1. The Bertz CT molecular complexity index is 566. The Kier molecular flexibility index (Phi) is 4.06. The molecule has 1 heterocycles. The highest BCUT2D eigenvalue weighted by Gasteiger charge is 2.18. The lowest BCUT2D eigenvalue weighted by Gasteiger charge is -2.18. The predicted octanol–water partition coefficient (Wildman–Crippen LogP) is 3.21. The topological polar surface area (TPSA) is 58.6 Å². The van der Waals surface area contributed by atoms with E-state index in [0.29, 0.717) is 0 Å². The van der Waals surface area contributed by atoms with Crippen molar-refractivity contribution in [1.29, 1.82) is 0 Å². The monoisotopic (exact) mass is 277 g/mol. The third-order valence-electron chi connectivity index (χ3n) is 2.83. The number of hydrogen-bond donors (Lipinski definition) is 2. The van der Waals surface area contributed by atoms with Gasteiger partial charge < -0.3 is 15.2 Å². The van der Waals surface area contributed by atoms with Crippen LogP contribution in [0.3, 0.4) is 0 Å². The SMILES string of the molecule is COC(=O)N[C@@H](c1ccc(O)c(C)c1)c1cccs1. The summed E-state index contributed by atoms with van der Waals surface area (Å²) in [6, 6.07) is 8.89. The number of amides is 1. The van der Waals surface area contributed by atoms with Gasteiger partial charge in [0.05, 0.1) is 13.2 Å². The zero-order valence-electron chi connectivity index (χ0n) is 10.7. The Morgan fingerprint density at radius 2 is 2.21 bits per heavy atom. The van der Waals surface area contributed by atoms with E-state index in [4.69, 9.17) is 0 Å². The van der Waals surface area contributed by atoms with Gasteiger partial charge in [-0.3, -0.25) is 0 Å². The molecule has 1 atom stereocenters.